The molecule has 1 saturated heterocycles. The highest BCUT2D eigenvalue weighted by Gasteiger charge is 2.42. The van der Waals surface area contributed by atoms with Crippen molar-refractivity contribution in [1.82, 2.24) is 19.7 Å². The zero-order valence-electron chi connectivity index (χ0n) is 31.7. The zero-order valence-corrected chi connectivity index (χ0v) is 31.7. The van der Waals surface area contributed by atoms with Gasteiger partial charge in [0.15, 0.2) is 11.9 Å². The van der Waals surface area contributed by atoms with Crippen LogP contribution in [0.15, 0.2) is 146 Å². The predicted octanol–water partition coefficient (Wildman–Crippen LogP) is 7.01. The molecular weight excluding hydrogens is 737 g/mol. The van der Waals surface area contributed by atoms with Crippen LogP contribution in [0.4, 0.5) is 11.8 Å². The molecule has 3 atom stereocenters. The predicted molar refractivity (Wildman–Crippen MR) is 217 cm³/mol. The maximum Gasteiger partial charge on any atom is 0.258 e. The fraction of sp³-hybridized carbons (Fsp3) is 0.178. The van der Waals surface area contributed by atoms with Crippen LogP contribution in [0.1, 0.15) is 50.1 Å². The summed E-state index contributed by atoms with van der Waals surface area (Å²) >= 11 is 0. The minimum Gasteiger partial charge on any atom is -0.497 e. The van der Waals surface area contributed by atoms with Crippen molar-refractivity contribution in [2.24, 2.45) is 0 Å². The van der Waals surface area contributed by atoms with Gasteiger partial charge >= 0.3 is 0 Å². The number of nitrogens with zero attached hydrogens (tertiary/aromatic N) is 4. The van der Waals surface area contributed by atoms with Crippen LogP contribution in [0.2, 0.25) is 0 Å². The first-order valence-electron chi connectivity index (χ1n) is 18.7. The monoisotopic (exact) mass is 776 g/mol. The molecule has 58 heavy (non-hydrogen) atoms. The van der Waals surface area contributed by atoms with E-state index in [0.29, 0.717) is 28.0 Å². The smallest absolute Gasteiger partial charge is 0.258 e. The topological polar surface area (TPSA) is 159 Å². The van der Waals surface area contributed by atoms with E-state index >= 15 is 0 Å². The second kappa shape index (κ2) is 16.7. The summed E-state index contributed by atoms with van der Waals surface area (Å²) < 4.78 is 26.1. The van der Waals surface area contributed by atoms with Gasteiger partial charge in [-0.05, 0) is 65.2 Å². The van der Waals surface area contributed by atoms with Gasteiger partial charge in [-0.3, -0.25) is 14.9 Å². The summed E-state index contributed by atoms with van der Waals surface area (Å²) in [7, 11) is 3.24. The highest BCUT2D eigenvalue weighted by atomic mass is 16.6. The number of methoxy groups -OCH3 is 2. The first-order valence-corrected chi connectivity index (χ1v) is 18.7. The van der Waals surface area contributed by atoms with E-state index in [9.17, 15) is 14.7 Å². The Morgan fingerprint density at radius 1 is 0.724 bits per heavy atom. The van der Waals surface area contributed by atoms with E-state index in [0.717, 1.165) is 16.7 Å². The van der Waals surface area contributed by atoms with Gasteiger partial charge in [-0.1, -0.05) is 91.0 Å². The van der Waals surface area contributed by atoms with E-state index in [1.54, 1.807) is 62.8 Å². The van der Waals surface area contributed by atoms with E-state index in [1.807, 2.05) is 91.0 Å². The van der Waals surface area contributed by atoms with Crippen molar-refractivity contribution in [1.29, 1.82) is 0 Å². The second-order valence-electron chi connectivity index (χ2n) is 13.6. The molecule has 0 bridgehead atoms. The highest BCUT2D eigenvalue weighted by molar-refractivity contribution is 6.08. The molecule has 0 radical (unpaired) electrons. The van der Waals surface area contributed by atoms with Crippen molar-refractivity contribution in [3.8, 4) is 11.5 Å². The molecular formula is C45H40N6O7. The minimum atomic E-state index is -1.13. The number of hydrogen-bond donors (Lipinski definition) is 3. The van der Waals surface area contributed by atoms with Crippen LogP contribution in [0.3, 0.4) is 0 Å². The maximum atomic E-state index is 13.3. The highest BCUT2D eigenvalue weighted by Crippen LogP contribution is 2.43. The van der Waals surface area contributed by atoms with Crippen LogP contribution in [0.5, 0.6) is 11.5 Å². The van der Waals surface area contributed by atoms with Crippen molar-refractivity contribution in [2.75, 3.05) is 31.5 Å². The van der Waals surface area contributed by atoms with Gasteiger partial charge in [0.1, 0.15) is 29.0 Å². The van der Waals surface area contributed by atoms with Gasteiger partial charge in [0.2, 0.25) is 5.95 Å². The third-order valence-electron chi connectivity index (χ3n) is 10.1. The number of fused-ring (bicyclic) bond motifs is 1. The number of aliphatic hydroxyl groups is 1. The summed E-state index contributed by atoms with van der Waals surface area (Å²) in [5, 5.41) is 22.2. The number of aliphatic hydroxyl groups excluding tert-OH is 1. The number of benzene rings is 5. The molecule has 13 heteroatoms. The standard InChI is InChI=1S/C45H40N6O7/c1-55-34-22-18-32(19-23-34)45(31-16-10-5-11-17-31,33-20-24-35(56-2)25-21-33)57-28-38-37(52)26-39(58-38)51-41-36(27-46-51)40(47-42(53)29-12-6-3-7-13-29)48-44(49-41)50-43(54)30-14-8-4-9-15-30/h3-25,27,37-39,52H,26,28H2,1-2H3,(H2,47,48,49,50,53,54)/t37-,38+,39-/m0/s1. The first kappa shape index (κ1) is 38.0. The normalized spacial score (nSPS) is 16.5. The molecule has 0 saturated carbocycles. The van der Waals surface area contributed by atoms with Crippen LogP contribution in [0.25, 0.3) is 11.0 Å². The first-order chi connectivity index (χ1) is 28.4. The molecule has 1 aliphatic rings. The summed E-state index contributed by atoms with van der Waals surface area (Å²) in [5.41, 5.74) is 2.48. The number of aromatic nitrogens is 4. The number of nitrogens with one attached hydrogen (secondary N) is 2. The number of ether oxygens (including phenoxy) is 4. The number of amides is 2. The third kappa shape index (κ3) is 7.61. The maximum absolute atomic E-state index is 13.3. The Morgan fingerprint density at radius 2 is 1.24 bits per heavy atom. The number of hydrogen-bond acceptors (Lipinski definition) is 10. The van der Waals surface area contributed by atoms with Gasteiger partial charge in [0.25, 0.3) is 11.8 Å². The van der Waals surface area contributed by atoms with Gasteiger partial charge in [-0.15, -0.1) is 0 Å². The largest absolute Gasteiger partial charge is 0.497 e. The molecule has 3 N–H and O–H groups in total. The van der Waals surface area contributed by atoms with Gasteiger partial charge in [-0.2, -0.15) is 15.1 Å². The molecule has 1 aliphatic heterocycles. The van der Waals surface area contributed by atoms with Crippen molar-refractivity contribution in [3.05, 3.63) is 174 Å². The molecule has 0 unspecified atom stereocenters. The van der Waals surface area contributed by atoms with Crippen molar-refractivity contribution in [3.63, 3.8) is 0 Å². The third-order valence-corrected chi connectivity index (χ3v) is 10.1. The fourth-order valence-electron chi connectivity index (χ4n) is 7.12. The van der Waals surface area contributed by atoms with Crippen LogP contribution in [0, 0.1) is 0 Å². The summed E-state index contributed by atoms with van der Waals surface area (Å²) in [5.74, 6) is 0.619. The molecule has 7 aromatic rings. The van der Waals surface area contributed by atoms with Crippen molar-refractivity contribution < 1.29 is 33.6 Å². The van der Waals surface area contributed by atoms with E-state index in [4.69, 9.17) is 18.9 Å². The number of carbonyl (C=O) groups is 2. The van der Waals surface area contributed by atoms with Crippen molar-refractivity contribution >= 4 is 34.6 Å². The minimum absolute atomic E-state index is 0.0183. The van der Waals surface area contributed by atoms with Gasteiger partial charge in [0.05, 0.1) is 38.5 Å². The molecule has 0 aliphatic carbocycles. The quantitative estimate of drug-likeness (QED) is 0.104. The van der Waals surface area contributed by atoms with Gasteiger partial charge in [-0.25, -0.2) is 4.68 Å². The summed E-state index contributed by atoms with van der Waals surface area (Å²) in [6.45, 7) is -0.0183. The summed E-state index contributed by atoms with van der Waals surface area (Å²) in [6.07, 6.45) is -0.873. The van der Waals surface area contributed by atoms with Gasteiger partial charge in [0, 0.05) is 17.5 Å². The van der Waals surface area contributed by atoms with E-state index < -0.39 is 35.9 Å². The number of carbonyl (C=O) groups excluding carboxylic acids is 2. The lowest BCUT2D eigenvalue weighted by Crippen LogP contribution is -2.38. The molecule has 13 nitrogen and oxygen atoms in total. The SMILES string of the molecule is COc1ccc(C(OC[C@H]2O[C@H](n3ncc4c(NC(=O)c5ccccc5)nc(NC(=O)c5ccccc5)nc43)C[C@@H]2O)(c2ccccc2)c2ccc(OC)cc2)cc1. The van der Waals surface area contributed by atoms with Gasteiger partial charge < -0.3 is 29.4 Å². The lowest BCUT2D eigenvalue weighted by molar-refractivity contribution is -0.0949. The average molecular weight is 777 g/mol. The molecule has 1 fully saturated rings. The van der Waals surface area contributed by atoms with Crippen LogP contribution in [-0.2, 0) is 15.1 Å². The lowest BCUT2D eigenvalue weighted by atomic mass is 9.80. The van der Waals surface area contributed by atoms with Crippen molar-refractivity contribution in [2.45, 2.75) is 30.5 Å². The Balaban J connectivity index is 1.12. The van der Waals surface area contributed by atoms with E-state index in [2.05, 4.69) is 25.7 Å². The summed E-state index contributed by atoms with van der Waals surface area (Å²) in [6, 6.07) is 42.6. The average Bonchev–Trinajstić information content (AvgIpc) is 3.88. The molecule has 2 aromatic heterocycles. The second-order valence-corrected chi connectivity index (χ2v) is 13.6. The summed E-state index contributed by atoms with van der Waals surface area (Å²) in [4.78, 5) is 35.7. The Labute approximate surface area is 334 Å². The molecule has 5 aromatic carbocycles. The molecule has 292 valence electrons. The Bertz CT molecular complexity index is 2450. The molecule has 2 amide bonds. The molecule has 8 rings (SSSR count). The fourth-order valence-corrected chi connectivity index (χ4v) is 7.12. The zero-order chi connectivity index (χ0) is 40.1. The molecule has 3 heterocycles. The van der Waals surface area contributed by atoms with E-state index in [-0.39, 0.29) is 30.4 Å². The van der Waals surface area contributed by atoms with E-state index in [1.165, 1.54) is 10.9 Å². The Kier molecular flexibility index (Phi) is 10.9. The Hall–Kier alpha value is -6.93. The molecule has 0 spiro atoms. The van der Waals surface area contributed by atoms with Crippen LogP contribution in [-0.4, -0.2) is 69.7 Å². The van der Waals surface area contributed by atoms with Crippen LogP contribution >= 0.6 is 0 Å². The number of anilines is 2. The Morgan fingerprint density at radius 3 is 1.79 bits per heavy atom. The lowest BCUT2D eigenvalue weighted by Gasteiger charge is -2.37. The number of rotatable bonds is 13. The van der Waals surface area contributed by atoms with Crippen LogP contribution < -0.4 is 20.1 Å².